The van der Waals surface area contributed by atoms with Crippen molar-refractivity contribution in [3.05, 3.63) is 41.2 Å². The second kappa shape index (κ2) is 9.17. The Morgan fingerprint density at radius 3 is 2.59 bits per heavy atom. The van der Waals surface area contributed by atoms with Gasteiger partial charge in [0.05, 0.1) is 12.2 Å². The minimum Gasteiger partial charge on any atom is -0.549 e. The average molecular weight is 386 g/mol. The fourth-order valence-corrected chi connectivity index (χ4v) is 3.91. The summed E-state index contributed by atoms with van der Waals surface area (Å²) in [5, 5.41) is 24.4. The van der Waals surface area contributed by atoms with Gasteiger partial charge in [-0.2, -0.15) is 9.78 Å². The van der Waals surface area contributed by atoms with Crippen LogP contribution in [0.3, 0.4) is 0 Å². The smallest absolute Gasteiger partial charge is 0.212 e. The first-order valence-electron chi connectivity index (χ1n) is 9.47. The molecule has 1 aromatic carbocycles. The quantitative estimate of drug-likeness (QED) is 0.540. The van der Waals surface area contributed by atoms with Crippen LogP contribution in [0.5, 0.6) is 0 Å². The fourth-order valence-electron chi connectivity index (χ4n) is 3.31. The van der Waals surface area contributed by atoms with Gasteiger partial charge in [0.15, 0.2) is 5.82 Å². The molecule has 6 nitrogen and oxygen atoms in total. The van der Waals surface area contributed by atoms with Gasteiger partial charge in [0.1, 0.15) is 0 Å². The van der Waals surface area contributed by atoms with Gasteiger partial charge in [-0.15, -0.1) is 10.2 Å². The molecule has 2 aromatic rings. The van der Waals surface area contributed by atoms with E-state index in [1.807, 2.05) is 12.1 Å². The first kappa shape index (κ1) is 19.6. The molecule has 7 heteroatoms. The average Bonchev–Trinajstić information content (AvgIpc) is 3.08. The van der Waals surface area contributed by atoms with Crippen LogP contribution >= 0.6 is 11.8 Å². The van der Waals surface area contributed by atoms with E-state index >= 15 is 0 Å². The number of aromatic nitrogens is 3. The maximum Gasteiger partial charge on any atom is 0.212 e. The highest BCUT2D eigenvalue weighted by atomic mass is 32.2. The summed E-state index contributed by atoms with van der Waals surface area (Å²) in [5.74, 6) is 0.345. The normalized spacial score (nSPS) is 15.7. The van der Waals surface area contributed by atoms with Crippen molar-refractivity contribution >= 4 is 23.9 Å². The summed E-state index contributed by atoms with van der Waals surface area (Å²) in [5.41, 5.74) is 2.27. The van der Waals surface area contributed by atoms with Crippen molar-refractivity contribution in [2.24, 2.45) is 5.10 Å². The SMILES string of the molecule is CC(C)c1ccc(/C=N\n2c(SCC(=O)[O-])nnc2C2CCCCC2)cc1. The molecule has 0 bridgehead atoms. The van der Waals surface area contributed by atoms with Crippen molar-refractivity contribution in [3.8, 4) is 0 Å². The van der Waals surface area contributed by atoms with Crippen LogP contribution in [0, 0.1) is 0 Å². The molecule has 0 spiro atoms. The summed E-state index contributed by atoms with van der Waals surface area (Å²) < 4.78 is 1.71. The molecular formula is C20H25N4O2S-. The maximum atomic E-state index is 10.8. The van der Waals surface area contributed by atoms with E-state index in [9.17, 15) is 9.90 Å². The molecule has 0 N–H and O–H groups in total. The van der Waals surface area contributed by atoms with E-state index < -0.39 is 5.97 Å². The van der Waals surface area contributed by atoms with Crippen molar-refractivity contribution in [2.45, 2.75) is 62.9 Å². The fraction of sp³-hybridized carbons (Fsp3) is 0.500. The summed E-state index contributed by atoms with van der Waals surface area (Å²) >= 11 is 1.10. The zero-order valence-corrected chi connectivity index (χ0v) is 16.6. The lowest BCUT2D eigenvalue weighted by molar-refractivity contribution is -0.301. The number of carboxylic acids is 1. The third-order valence-corrected chi connectivity index (χ3v) is 5.74. The number of hydrogen-bond acceptors (Lipinski definition) is 6. The van der Waals surface area contributed by atoms with E-state index in [1.165, 1.54) is 24.8 Å². The van der Waals surface area contributed by atoms with Gasteiger partial charge in [0.2, 0.25) is 5.16 Å². The van der Waals surface area contributed by atoms with Gasteiger partial charge in [0.25, 0.3) is 0 Å². The van der Waals surface area contributed by atoms with E-state index in [1.54, 1.807) is 10.9 Å². The number of benzene rings is 1. The number of rotatable bonds is 7. The van der Waals surface area contributed by atoms with Crippen LogP contribution in [0.15, 0.2) is 34.5 Å². The summed E-state index contributed by atoms with van der Waals surface area (Å²) in [6.07, 6.45) is 7.54. The Kier molecular flexibility index (Phi) is 6.66. The lowest BCUT2D eigenvalue weighted by atomic mass is 9.89. The molecule has 0 aliphatic heterocycles. The van der Waals surface area contributed by atoms with Gasteiger partial charge in [-0.1, -0.05) is 69.1 Å². The Labute approximate surface area is 164 Å². The summed E-state index contributed by atoms with van der Waals surface area (Å²) in [4.78, 5) is 10.8. The number of hydrogen-bond donors (Lipinski definition) is 0. The van der Waals surface area contributed by atoms with Crippen LogP contribution in [-0.2, 0) is 4.79 Å². The highest BCUT2D eigenvalue weighted by molar-refractivity contribution is 7.99. The summed E-state index contributed by atoms with van der Waals surface area (Å²) in [6.45, 7) is 4.33. The van der Waals surface area contributed by atoms with E-state index in [0.717, 1.165) is 36.0 Å². The number of thioether (sulfide) groups is 1. The van der Waals surface area contributed by atoms with Crippen molar-refractivity contribution in [1.82, 2.24) is 14.9 Å². The van der Waals surface area contributed by atoms with E-state index in [4.69, 9.17) is 0 Å². The zero-order chi connectivity index (χ0) is 19.2. The Morgan fingerprint density at radius 1 is 1.26 bits per heavy atom. The minimum absolute atomic E-state index is 0.165. The molecule has 0 unspecified atom stereocenters. The first-order valence-corrected chi connectivity index (χ1v) is 10.5. The first-order chi connectivity index (χ1) is 13.0. The van der Waals surface area contributed by atoms with E-state index in [0.29, 0.717) is 17.0 Å². The third kappa shape index (κ3) is 5.19. The Hall–Kier alpha value is -2.15. The second-order valence-corrected chi connectivity index (χ2v) is 8.16. The van der Waals surface area contributed by atoms with E-state index in [2.05, 4.69) is 41.3 Å². The Morgan fingerprint density at radius 2 is 1.96 bits per heavy atom. The summed E-state index contributed by atoms with van der Waals surface area (Å²) in [7, 11) is 0. The number of carbonyl (C=O) groups excluding carboxylic acids is 1. The van der Waals surface area contributed by atoms with Crippen LogP contribution in [-0.4, -0.2) is 32.8 Å². The molecule has 0 amide bonds. The molecule has 1 heterocycles. The number of aliphatic carboxylic acids is 1. The van der Waals surface area contributed by atoms with Crippen LogP contribution in [0.4, 0.5) is 0 Å². The van der Waals surface area contributed by atoms with Crippen LogP contribution in [0.1, 0.15) is 74.7 Å². The number of carboxylic acid groups (broad SMARTS) is 1. The second-order valence-electron chi connectivity index (χ2n) is 7.21. The molecule has 144 valence electrons. The van der Waals surface area contributed by atoms with Gasteiger partial charge in [-0.05, 0) is 29.9 Å². The van der Waals surface area contributed by atoms with Crippen LogP contribution in [0.2, 0.25) is 0 Å². The molecule has 3 rings (SSSR count). The Bertz CT molecular complexity index is 793. The summed E-state index contributed by atoms with van der Waals surface area (Å²) in [6, 6.07) is 8.28. The molecule has 0 radical (unpaired) electrons. The van der Waals surface area contributed by atoms with Gasteiger partial charge in [-0.3, -0.25) is 0 Å². The molecule has 1 aliphatic rings. The van der Waals surface area contributed by atoms with Gasteiger partial charge < -0.3 is 9.90 Å². The molecule has 1 aliphatic carbocycles. The van der Waals surface area contributed by atoms with Crippen molar-refractivity contribution in [2.75, 3.05) is 5.75 Å². The number of nitrogens with zero attached hydrogens (tertiary/aromatic N) is 4. The van der Waals surface area contributed by atoms with Crippen LogP contribution in [0.25, 0.3) is 0 Å². The van der Waals surface area contributed by atoms with Gasteiger partial charge in [0, 0.05) is 11.7 Å². The molecule has 1 saturated carbocycles. The molecule has 27 heavy (non-hydrogen) atoms. The highest BCUT2D eigenvalue weighted by Gasteiger charge is 2.23. The lowest BCUT2D eigenvalue weighted by Crippen LogP contribution is -2.24. The zero-order valence-electron chi connectivity index (χ0n) is 15.8. The van der Waals surface area contributed by atoms with Crippen molar-refractivity contribution in [3.63, 3.8) is 0 Å². The lowest BCUT2D eigenvalue weighted by Gasteiger charge is -2.20. The molecular weight excluding hydrogens is 360 g/mol. The van der Waals surface area contributed by atoms with Crippen molar-refractivity contribution in [1.29, 1.82) is 0 Å². The molecule has 1 aromatic heterocycles. The predicted octanol–water partition coefficient (Wildman–Crippen LogP) is 3.17. The predicted molar refractivity (Wildman–Crippen MR) is 105 cm³/mol. The topological polar surface area (TPSA) is 83.2 Å². The molecule has 0 atom stereocenters. The standard InChI is InChI=1S/C20H26N4O2S/c1-14(2)16-10-8-15(9-11-16)12-21-24-19(17-6-4-3-5-7-17)22-23-20(24)27-13-18(25)26/h8-12,14,17H,3-7,13H2,1-2H3,(H,25,26)/p-1/b21-12-. The number of carbonyl (C=O) groups is 1. The van der Waals surface area contributed by atoms with Crippen LogP contribution < -0.4 is 5.11 Å². The van der Waals surface area contributed by atoms with Crippen molar-refractivity contribution < 1.29 is 9.90 Å². The molecule has 0 saturated heterocycles. The maximum absolute atomic E-state index is 10.8. The minimum atomic E-state index is -1.12. The van der Waals surface area contributed by atoms with E-state index in [-0.39, 0.29) is 5.75 Å². The van der Waals surface area contributed by atoms with Gasteiger partial charge >= 0.3 is 0 Å². The highest BCUT2D eigenvalue weighted by Crippen LogP contribution is 2.33. The third-order valence-electron chi connectivity index (χ3n) is 4.85. The molecule has 1 fully saturated rings. The monoisotopic (exact) mass is 385 g/mol. The Balaban J connectivity index is 1.85. The van der Waals surface area contributed by atoms with Gasteiger partial charge in [-0.25, -0.2) is 0 Å². The largest absolute Gasteiger partial charge is 0.549 e.